The Hall–Kier alpha value is -4.36. The SMILES string of the molecule is Cc1c(CC(=O)NC(Cc2ccccc2)C(=O)O)c(=O)oc2cc3occ(-c4ccc(Cl)cc4)c3cc12. The van der Waals surface area contributed by atoms with Crippen LogP contribution in [0, 0.1) is 6.92 Å². The highest BCUT2D eigenvalue weighted by molar-refractivity contribution is 6.30. The van der Waals surface area contributed by atoms with Crippen molar-refractivity contribution in [2.75, 3.05) is 0 Å². The van der Waals surface area contributed by atoms with E-state index in [-0.39, 0.29) is 18.4 Å². The average Bonchev–Trinajstić information content (AvgIpc) is 3.29. The minimum Gasteiger partial charge on any atom is -0.480 e. The molecule has 0 aliphatic heterocycles. The van der Waals surface area contributed by atoms with Gasteiger partial charge in [-0.1, -0.05) is 54.1 Å². The minimum absolute atomic E-state index is 0.124. The van der Waals surface area contributed by atoms with E-state index in [1.165, 1.54) is 0 Å². The van der Waals surface area contributed by atoms with Crippen molar-refractivity contribution in [1.82, 2.24) is 5.32 Å². The maximum Gasteiger partial charge on any atom is 0.340 e. The Labute approximate surface area is 216 Å². The summed E-state index contributed by atoms with van der Waals surface area (Å²) in [6.45, 7) is 1.74. The molecule has 1 atom stereocenters. The molecule has 0 radical (unpaired) electrons. The molecule has 8 heteroatoms. The molecule has 5 rings (SSSR count). The Morgan fingerprint density at radius 1 is 1.00 bits per heavy atom. The first-order chi connectivity index (χ1) is 17.8. The lowest BCUT2D eigenvalue weighted by atomic mass is 9.99. The van der Waals surface area contributed by atoms with Crippen molar-refractivity contribution in [3.8, 4) is 11.1 Å². The number of carboxylic acids is 1. The second-order valence-electron chi connectivity index (χ2n) is 8.82. The van der Waals surface area contributed by atoms with E-state index in [0.717, 1.165) is 22.1 Å². The molecule has 2 heterocycles. The molecule has 1 unspecified atom stereocenters. The van der Waals surface area contributed by atoms with E-state index in [1.807, 2.05) is 24.3 Å². The molecule has 0 aliphatic carbocycles. The van der Waals surface area contributed by atoms with Gasteiger partial charge < -0.3 is 19.3 Å². The van der Waals surface area contributed by atoms with Crippen LogP contribution in [-0.2, 0) is 22.4 Å². The number of carbonyl (C=O) groups is 2. The second kappa shape index (κ2) is 9.95. The van der Waals surface area contributed by atoms with Crippen LogP contribution in [0.15, 0.2) is 86.6 Å². The number of fused-ring (bicyclic) bond motifs is 2. The van der Waals surface area contributed by atoms with Crippen LogP contribution in [0.1, 0.15) is 16.7 Å². The summed E-state index contributed by atoms with van der Waals surface area (Å²) in [6.07, 6.45) is 1.45. The Morgan fingerprint density at radius 3 is 2.43 bits per heavy atom. The van der Waals surface area contributed by atoms with Gasteiger partial charge in [0.05, 0.1) is 18.2 Å². The lowest BCUT2D eigenvalue weighted by molar-refractivity contribution is -0.141. The molecule has 0 aliphatic rings. The average molecular weight is 516 g/mol. The van der Waals surface area contributed by atoms with Gasteiger partial charge in [-0.25, -0.2) is 9.59 Å². The van der Waals surface area contributed by atoms with Crippen LogP contribution >= 0.6 is 11.6 Å². The van der Waals surface area contributed by atoms with Gasteiger partial charge in [0.15, 0.2) is 0 Å². The number of benzene rings is 3. The zero-order valence-electron chi connectivity index (χ0n) is 19.8. The Bertz CT molecular complexity index is 1690. The molecule has 5 aromatic rings. The number of amides is 1. The molecule has 3 aromatic carbocycles. The van der Waals surface area contributed by atoms with Gasteiger partial charge in [0.2, 0.25) is 5.91 Å². The Kier molecular flexibility index (Phi) is 6.54. The second-order valence-corrected chi connectivity index (χ2v) is 9.26. The van der Waals surface area contributed by atoms with Crippen molar-refractivity contribution in [2.45, 2.75) is 25.8 Å². The van der Waals surface area contributed by atoms with Crippen LogP contribution in [0.25, 0.3) is 33.1 Å². The number of carbonyl (C=O) groups excluding carboxylic acids is 1. The predicted molar refractivity (Wildman–Crippen MR) is 141 cm³/mol. The summed E-state index contributed by atoms with van der Waals surface area (Å²) in [5, 5.41) is 14.2. The number of rotatable bonds is 7. The number of aliphatic carboxylic acids is 1. The first kappa shape index (κ1) is 24.3. The fourth-order valence-corrected chi connectivity index (χ4v) is 4.55. The van der Waals surface area contributed by atoms with Crippen LogP contribution in [0.2, 0.25) is 5.02 Å². The van der Waals surface area contributed by atoms with Crippen molar-refractivity contribution in [1.29, 1.82) is 0 Å². The van der Waals surface area contributed by atoms with Crippen LogP contribution in [0.3, 0.4) is 0 Å². The number of hydrogen-bond acceptors (Lipinski definition) is 5. The predicted octanol–water partition coefficient (Wildman–Crippen LogP) is 5.52. The van der Waals surface area contributed by atoms with Crippen molar-refractivity contribution >= 4 is 45.4 Å². The summed E-state index contributed by atoms with van der Waals surface area (Å²) in [4.78, 5) is 37.4. The molecule has 0 bridgehead atoms. The first-order valence-corrected chi connectivity index (χ1v) is 12.0. The number of aryl methyl sites for hydroxylation is 1. The lowest BCUT2D eigenvalue weighted by Gasteiger charge is -2.15. The van der Waals surface area contributed by atoms with E-state index < -0.39 is 23.5 Å². The molecular weight excluding hydrogens is 494 g/mol. The van der Waals surface area contributed by atoms with Gasteiger partial charge in [0.1, 0.15) is 17.2 Å². The van der Waals surface area contributed by atoms with Crippen LogP contribution in [0.5, 0.6) is 0 Å². The zero-order chi connectivity index (χ0) is 26.1. The third-order valence-corrected chi connectivity index (χ3v) is 6.64. The van der Waals surface area contributed by atoms with E-state index in [9.17, 15) is 19.5 Å². The molecule has 186 valence electrons. The summed E-state index contributed by atoms with van der Waals surface area (Å²) < 4.78 is 11.2. The topological polar surface area (TPSA) is 110 Å². The quantitative estimate of drug-likeness (QED) is 0.276. The first-order valence-electron chi connectivity index (χ1n) is 11.6. The molecule has 0 saturated carbocycles. The van der Waals surface area contributed by atoms with E-state index in [2.05, 4.69) is 5.32 Å². The van der Waals surface area contributed by atoms with Crippen LogP contribution in [0.4, 0.5) is 0 Å². The fourth-order valence-electron chi connectivity index (χ4n) is 4.42. The van der Waals surface area contributed by atoms with Gasteiger partial charge in [-0.3, -0.25) is 4.79 Å². The third-order valence-electron chi connectivity index (χ3n) is 6.39. The summed E-state index contributed by atoms with van der Waals surface area (Å²) >= 11 is 6.02. The largest absolute Gasteiger partial charge is 0.480 e. The number of halogens is 1. The standard InChI is InChI=1S/C29H22ClNO6/c1-16-20-12-22-23(18-7-9-19(30)10-8-18)15-36-25(22)14-26(20)37-29(35)21(16)13-27(32)31-24(28(33)34)11-17-5-3-2-4-6-17/h2-10,12,14-15,24H,11,13H2,1H3,(H,31,32)(H,33,34). The van der Waals surface area contributed by atoms with Crippen molar-refractivity contribution in [2.24, 2.45) is 0 Å². The third kappa shape index (κ3) is 4.99. The maximum absolute atomic E-state index is 12.8. The van der Waals surface area contributed by atoms with E-state index in [0.29, 0.717) is 27.1 Å². The molecule has 0 spiro atoms. The Morgan fingerprint density at radius 2 is 1.73 bits per heavy atom. The fraction of sp³-hybridized carbons (Fsp3) is 0.138. The lowest BCUT2D eigenvalue weighted by Crippen LogP contribution is -2.43. The molecule has 0 saturated heterocycles. The van der Waals surface area contributed by atoms with Gasteiger partial charge in [-0.2, -0.15) is 0 Å². The van der Waals surface area contributed by atoms with Crippen molar-refractivity contribution in [3.05, 3.63) is 105 Å². The van der Waals surface area contributed by atoms with E-state index in [1.54, 1.807) is 55.7 Å². The Balaban J connectivity index is 1.46. The molecule has 2 aromatic heterocycles. The van der Waals surface area contributed by atoms with Gasteiger partial charge in [0, 0.05) is 33.8 Å². The number of hydrogen-bond donors (Lipinski definition) is 2. The highest BCUT2D eigenvalue weighted by atomic mass is 35.5. The molecule has 2 N–H and O–H groups in total. The summed E-state index contributed by atoms with van der Waals surface area (Å²) in [5.41, 5.74) is 3.53. The summed E-state index contributed by atoms with van der Waals surface area (Å²) in [6, 6.07) is 18.8. The van der Waals surface area contributed by atoms with Crippen molar-refractivity contribution < 1.29 is 23.5 Å². The van der Waals surface area contributed by atoms with Gasteiger partial charge in [0.25, 0.3) is 0 Å². The molecular formula is C29H22ClNO6. The normalized spacial score (nSPS) is 12.1. The highest BCUT2D eigenvalue weighted by Gasteiger charge is 2.23. The number of carboxylic acid groups (broad SMARTS) is 1. The number of furan rings is 1. The molecule has 7 nitrogen and oxygen atoms in total. The minimum atomic E-state index is -1.16. The monoisotopic (exact) mass is 515 g/mol. The maximum atomic E-state index is 12.8. The summed E-state index contributed by atoms with van der Waals surface area (Å²) in [7, 11) is 0. The number of nitrogens with one attached hydrogen (secondary N) is 1. The smallest absolute Gasteiger partial charge is 0.340 e. The van der Waals surface area contributed by atoms with E-state index in [4.69, 9.17) is 20.4 Å². The molecule has 1 amide bonds. The van der Waals surface area contributed by atoms with Gasteiger partial charge >= 0.3 is 11.6 Å². The van der Waals surface area contributed by atoms with Crippen LogP contribution in [-0.4, -0.2) is 23.0 Å². The van der Waals surface area contributed by atoms with Crippen LogP contribution < -0.4 is 10.9 Å². The summed E-state index contributed by atoms with van der Waals surface area (Å²) in [5.74, 6) is -1.74. The molecule has 37 heavy (non-hydrogen) atoms. The highest BCUT2D eigenvalue weighted by Crippen LogP contribution is 2.35. The van der Waals surface area contributed by atoms with E-state index >= 15 is 0 Å². The van der Waals surface area contributed by atoms with Gasteiger partial charge in [-0.05, 0) is 41.8 Å². The van der Waals surface area contributed by atoms with Crippen molar-refractivity contribution in [3.63, 3.8) is 0 Å². The zero-order valence-corrected chi connectivity index (χ0v) is 20.5. The van der Waals surface area contributed by atoms with Gasteiger partial charge in [-0.15, -0.1) is 0 Å². The molecule has 0 fully saturated rings.